The molecule has 1 aliphatic heterocycles. The molecule has 0 aliphatic carbocycles. The molecule has 1 aliphatic rings. The Morgan fingerprint density at radius 1 is 1.23 bits per heavy atom. The van der Waals surface area contributed by atoms with Gasteiger partial charge in [-0.25, -0.2) is 21.6 Å². The van der Waals surface area contributed by atoms with Crippen molar-refractivity contribution in [3.63, 3.8) is 0 Å². The monoisotopic (exact) mass is 357 g/mol. The number of rotatable bonds is 3. The molecule has 10 heteroatoms. The van der Waals surface area contributed by atoms with Gasteiger partial charge in [-0.1, -0.05) is 12.1 Å². The van der Waals surface area contributed by atoms with E-state index in [0.29, 0.717) is 6.07 Å². The molecule has 1 aromatic carbocycles. The van der Waals surface area contributed by atoms with Crippen molar-refractivity contribution in [3.8, 4) is 0 Å². The predicted octanol–water partition coefficient (Wildman–Crippen LogP) is 1.56. The fraction of sp³-hybridized carbons (Fsp3) is 0.500. The zero-order valence-electron chi connectivity index (χ0n) is 11.5. The number of hydrogen-bond donors (Lipinski definition) is 1. The Hall–Kier alpha value is -1.13. The highest BCUT2D eigenvalue weighted by atomic mass is 32.2. The van der Waals surface area contributed by atoms with Gasteiger partial charge in [-0.2, -0.15) is 13.2 Å². The van der Waals surface area contributed by atoms with E-state index in [1.165, 1.54) is 13.0 Å². The molecule has 1 heterocycles. The summed E-state index contributed by atoms with van der Waals surface area (Å²) in [4.78, 5) is -0.909. The second kappa shape index (κ2) is 5.20. The SMILES string of the molecule is CC1(NS(=O)(=O)c2ccccc2C(F)(F)F)CCS(=O)(=O)C1. The summed E-state index contributed by atoms with van der Waals surface area (Å²) in [5.74, 6) is -0.639. The zero-order chi connectivity index (χ0) is 16.8. The standard InChI is InChI=1S/C12H14F3NO4S2/c1-11(6-7-21(17,18)8-11)16-22(19,20)10-5-3-2-4-9(10)12(13,14)15/h2-5,16H,6-8H2,1H3. The number of sulfone groups is 1. The molecule has 2 rings (SSSR count). The number of benzene rings is 1. The van der Waals surface area contributed by atoms with Crippen LogP contribution >= 0.6 is 0 Å². The first-order chi connectivity index (χ1) is 9.85. The van der Waals surface area contributed by atoms with E-state index in [4.69, 9.17) is 0 Å². The molecule has 0 aromatic heterocycles. The number of alkyl halides is 3. The summed E-state index contributed by atoms with van der Waals surface area (Å²) in [6, 6.07) is 3.78. The summed E-state index contributed by atoms with van der Waals surface area (Å²) in [6.07, 6.45) is -4.81. The molecule has 1 aromatic rings. The van der Waals surface area contributed by atoms with Gasteiger partial charge in [0.15, 0.2) is 9.84 Å². The molecule has 1 fully saturated rings. The fourth-order valence-corrected chi connectivity index (χ4v) is 6.25. The molecule has 0 amide bonds. The van der Waals surface area contributed by atoms with Gasteiger partial charge in [-0.15, -0.1) is 0 Å². The van der Waals surface area contributed by atoms with Crippen LogP contribution < -0.4 is 4.72 Å². The van der Waals surface area contributed by atoms with Crippen LogP contribution in [0.2, 0.25) is 0 Å². The maximum atomic E-state index is 12.9. The lowest BCUT2D eigenvalue weighted by molar-refractivity contribution is -0.139. The van der Waals surface area contributed by atoms with E-state index in [2.05, 4.69) is 4.72 Å². The lowest BCUT2D eigenvalue weighted by atomic mass is 10.0. The Labute approximate surface area is 126 Å². The van der Waals surface area contributed by atoms with E-state index in [-0.39, 0.29) is 12.2 Å². The highest BCUT2D eigenvalue weighted by Crippen LogP contribution is 2.35. The van der Waals surface area contributed by atoms with Gasteiger partial charge in [0, 0.05) is 5.54 Å². The summed E-state index contributed by atoms with van der Waals surface area (Å²) >= 11 is 0. The third-order valence-corrected chi connectivity index (χ3v) is 6.97. The highest BCUT2D eigenvalue weighted by molar-refractivity contribution is 7.92. The smallest absolute Gasteiger partial charge is 0.229 e. The third kappa shape index (κ3) is 3.61. The molecule has 22 heavy (non-hydrogen) atoms. The van der Waals surface area contributed by atoms with Gasteiger partial charge in [-0.05, 0) is 25.5 Å². The van der Waals surface area contributed by atoms with E-state index in [1.54, 1.807) is 0 Å². The van der Waals surface area contributed by atoms with Gasteiger partial charge >= 0.3 is 6.18 Å². The van der Waals surface area contributed by atoms with Crippen molar-refractivity contribution in [3.05, 3.63) is 29.8 Å². The second-order valence-electron chi connectivity index (χ2n) is 5.50. The average molecular weight is 357 g/mol. The van der Waals surface area contributed by atoms with Crippen molar-refractivity contribution in [2.75, 3.05) is 11.5 Å². The van der Waals surface area contributed by atoms with Gasteiger partial charge in [0.25, 0.3) is 0 Å². The summed E-state index contributed by atoms with van der Waals surface area (Å²) in [6.45, 7) is 1.37. The molecular weight excluding hydrogens is 343 g/mol. The normalized spacial score (nSPS) is 25.3. The Bertz CT molecular complexity index is 787. The minimum Gasteiger partial charge on any atom is -0.229 e. The van der Waals surface area contributed by atoms with Crippen LogP contribution in [0.1, 0.15) is 18.9 Å². The molecule has 1 unspecified atom stereocenters. The summed E-state index contributed by atoms with van der Waals surface area (Å²) in [5.41, 5.74) is -2.59. The second-order valence-corrected chi connectivity index (χ2v) is 9.34. The molecule has 0 radical (unpaired) electrons. The third-order valence-electron chi connectivity index (χ3n) is 3.37. The number of nitrogens with one attached hydrogen (secondary N) is 1. The predicted molar refractivity (Wildman–Crippen MR) is 73.4 cm³/mol. The lowest BCUT2D eigenvalue weighted by Gasteiger charge is -2.24. The van der Waals surface area contributed by atoms with Gasteiger partial charge in [-0.3, -0.25) is 0 Å². The Balaban J connectivity index is 2.41. The first-order valence-electron chi connectivity index (χ1n) is 6.25. The molecule has 1 atom stereocenters. The largest absolute Gasteiger partial charge is 0.417 e. The van der Waals surface area contributed by atoms with Crippen molar-refractivity contribution in [1.29, 1.82) is 0 Å². The van der Waals surface area contributed by atoms with Crippen molar-refractivity contribution in [2.45, 2.75) is 30.0 Å². The maximum absolute atomic E-state index is 12.9. The van der Waals surface area contributed by atoms with Crippen LogP contribution in [0.15, 0.2) is 29.2 Å². The average Bonchev–Trinajstić information content (AvgIpc) is 2.61. The van der Waals surface area contributed by atoms with Gasteiger partial charge in [0.05, 0.1) is 22.0 Å². The van der Waals surface area contributed by atoms with Gasteiger partial charge in [0.2, 0.25) is 10.0 Å². The number of hydrogen-bond acceptors (Lipinski definition) is 4. The molecule has 124 valence electrons. The van der Waals surface area contributed by atoms with Crippen molar-refractivity contribution in [2.24, 2.45) is 0 Å². The Kier molecular flexibility index (Phi) is 4.08. The fourth-order valence-electron chi connectivity index (χ4n) is 2.41. The van der Waals surface area contributed by atoms with Crippen LogP contribution in [0.25, 0.3) is 0 Å². The van der Waals surface area contributed by atoms with E-state index in [0.717, 1.165) is 12.1 Å². The molecular formula is C12H14F3NO4S2. The highest BCUT2D eigenvalue weighted by Gasteiger charge is 2.43. The molecule has 0 spiro atoms. The quantitative estimate of drug-likeness (QED) is 0.890. The molecule has 0 bridgehead atoms. The van der Waals surface area contributed by atoms with Crippen LogP contribution in [0.3, 0.4) is 0 Å². The Morgan fingerprint density at radius 2 is 1.82 bits per heavy atom. The molecule has 0 saturated carbocycles. The zero-order valence-corrected chi connectivity index (χ0v) is 13.1. The summed E-state index contributed by atoms with van der Waals surface area (Å²) in [5, 5.41) is 0. The van der Waals surface area contributed by atoms with Crippen LogP contribution in [-0.4, -0.2) is 33.9 Å². The van der Waals surface area contributed by atoms with Crippen LogP contribution in [0.4, 0.5) is 13.2 Å². The minimum absolute atomic E-state index is 0.0166. The van der Waals surface area contributed by atoms with E-state index >= 15 is 0 Å². The van der Waals surface area contributed by atoms with Gasteiger partial charge < -0.3 is 0 Å². The molecule has 5 nitrogen and oxygen atoms in total. The molecule has 1 N–H and O–H groups in total. The van der Waals surface area contributed by atoms with E-state index < -0.39 is 47.8 Å². The van der Waals surface area contributed by atoms with Crippen LogP contribution in [-0.2, 0) is 26.0 Å². The Morgan fingerprint density at radius 3 is 2.32 bits per heavy atom. The van der Waals surface area contributed by atoms with E-state index in [9.17, 15) is 30.0 Å². The van der Waals surface area contributed by atoms with Crippen LogP contribution in [0.5, 0.6) is 0 Å². The summed E-state index contributed by atoms with van der Waals surface area (Å²) in [7, 11) is -7.90. The maximum Gasteiger partial charge on any atom is 0.417 e. The van der Waals surface area contributed by atoms with Crippen molar-refractivity contribution < 1.29 is 30.0 Å². The minimum atomic E-state index is -4.83. The lowest BCUT2D eigenvalue weighted by Crippen LogP contribution is -2.47. The number of halogens is 3. The molecule has 1 saturated heterocycles. The topological polar surface area (TPSA) is 80.3 Å². The first-order valence-corrected chi connectivity index (χ1v) is 9.56. The van der Waals surface area contributed by atoms with Crippen molar-refractivity contribution in [1.82, 2.24) is 4.72 Å². The van der Waals surface area contributed by atoms with E-state index in [1.807, 2.05) is 0 Å². The number of sulfonamides is 1. The summed E-state index contributed by atoms with van der Waals surface area (Å²) < 4.78 is 88.4. The van der Waals surface area contributed by atoms with Gasteiger partial charge in [0.1, 0.15) is 0 Å². The first kappa shape index (κ1) is 17.2. The van der Waals surface area contributed by atoms with Crippen LogP contribution in [0, 0.1) is 0 Å². The van der Waals surface area contributed by atoms with Crippen molar-refractivity contribution >= 4 is 19.9 Å².